The van der Waals surface area contributed by atoms with E-state index in [-0.39, 0.29) is 11.8 Å². The van der Waals surface area contributed by atoms with Crippen LogP contribution < -0.4 is 10.2 Å². The zero-order valence-corrected chi connectivity index (χ0v) is 16.5. The molecule has 1 fully saturated rings. The van der Waals surface area contributed by atoms with E-state index in [9.17, 15) is 4.79 Å². The fourth-order valence-corrected chi connectivity index (χ4v) is 4.53. The minimum Gasteiger partial charge on any atom is -0.465 e. The molecule has 4 rings (SSSR count). The van der Waals surface area contributed by atoms with Crippen molar-refractivity contribution in [3.8, 4) is 0 Å². The number of carbonyl (C=O) groups excluding carboxylic acids is 1. The van der Waals surface area contributed by atoms with Crippen molar-refractivity contribution in [2.45, 2.75) is 39.7 Å². The third kappa shape index (κ3) is 3.83. The molecule has 0 aromatic carbocycles. The molecule has 0 unspecified atom stereocenters. The Morgan fingerprint density at radius 2 is 2.30 bits per heavy atom. The number of hydrogen-bond donors (Lipinski definition) is 1. The van der Waals surface area contributed by atoms with Crippen molar-refractivity contribution in [1.82, 2.24) is 15.3 Å². The Hall–Kier alpha value is -2.41. The van der Waals surface area contributed by atoms with Crippen LogP contribution in [-0.4, -0.2) is 29.0 Å². The third-order valence-electron chi connectivity index (χ3n) is 5.03. The molecule has 1 aliphatic rings. The number of amides is 1. The first-order chi connectivity index (χ1) is 13.1. The SMILES string of the molecule is CCc1cc2c(N3CCC[C@H](C(=O)NCc4ccc(C)o4)C3)ncnc2s1. The van der Waals surface area contributed by atoms with E-state index >= 15 is 0 Å². The van der Waals surface area contributed by atoms with Crippen molar-refractivity contribution < 1.29 is 9.21 Å². The quantitative estimate of drug-likeness (QED) is 0.726. The molecule has 3 aromatic rings. The third-order valence-corrected chi connectivity index (χ3v) is 6.22. The molecule has 7 heteroatoms. The second-order valence-corrected chi connectivity index (χ2v) is 8.11. The van der Waals surface area contributed by atoms with Crippen molar-refractivity contribution in [1.29, 1.82) is 0 Å². The molecule has 4 heterocycles. The molecule has 0 spiro atoms. The van der Waals surface area contributed by atoms with Crippen LogP contribution in [0, 0.1) is 12.8 Å². The van der Waals surface area contributed by atoms with Gasteiger partial charge in [-0.3, -0.25) is 4.79 Å². The highest BCUT2D eigenvalue weighted by Crippen LogP contribution is 2.32. The van der Waals surface area contributed by atoms with E-state index < -0.39 is 0 Å². The summed E-state index contributed by atoms with van der Waals surface area (Å²) in [5.74, 6) is 2.65. The number of anilines is 1. The highest BCUT2D eigenvalue weighted by Gasteiger charge is 2.27. The van der Waals surface area contributed by atoms with Gasteiger partial charge in [-0.1, -0.05) is 6.92 Å². The number of rotatable bonds is 5. The highest BCUT2D eigenvalue weighted by molar-refractivity contribution is 7.18. The Morgan fingerprint density at radius 1 is 1.41 bits per heavy atom. The Balaban J connectivity index is 1.46. The lowest BCUT2D eigenvalue weighted by Gasteiger charge is -2.33. The Morgan fingerprint density at radius 3 is 3.07 bits per heavy atom. The van der Waals surface area contributed by atoms with E-state index in [0.717, 1.165) is 53.4 Å². The molecule has 0 radical (unpaired) electrons. The molecule has 1 aliphatic heterocycles. The van der Waals surface area contributed by atoms with Gasteiger partial charge in [-0.2, -0.15) is 0 Å². The lowest BCUT2D eigenvalue weighted by atomic mass is 9.97. The fourth-order valence-electron chi connectivity index (χ4n) is 3.60. The summed E-state index contributed by atoms with van der Waals surface area (Å²) in [6, 6.07) is 6.01. The lowest BCUT2D eigenvalue weighted by molar-refractivity contribution is -0.125. The van der Waals surface area contributed by atoms with Crippen molar-refractivity contribution in [3.63, 3.8) is 0 Å². The molecule has 0 bridgehead atoms. The number of piperidine rings is 1. The number of nitrogens with one attached hydrogen (secondary N) is 1. The molecular weight excluding hydrogens is 360 g/mol. The van der Waals surface area contributed by atoms with E-state index in [2.05, 4.69) is 33.2 Å². The van der Waals surface area contributed by atoms with Gasteiger partial charge >= 0.3 is 0 Å². The van der Waals surface area contributed by atoms with Crippen LogP contribution in [0.4, 0.5) is 5.82 Å². The zero-order valence-electron chi connectivity index (χ0n) is 15.7. The number of aryl methyl sites for hydroxylation is 2. The van der Waals surface area contributed by atoms with Gasteiger partial charge in [-0.15, -0.1) is 11.3 Å². The summed E-state index contributed by atoms with van der Waals surface area (Å²) in [4.78, 5) is 26.2. The van der Waals surface area contributed by atoms with Gasteiger partial charge in [-0.05, 0) is 44.4 Å². The van der Waals surface area contributed by atoms with Crippen LogP contribution in [0.3, 0.4) is 0 Å². The number of aromatic nitrogens is 2. The number of thiophene rings is 1. The number of hydrogen-bond acceptors (Lipinski definition) is 6. The number of furan rings is 1. The van der Waals surface area contributed by atoms with Crippen LogP contribution in [0.1, 0.15) is 36.2 Å². The van der Waals surface area contributed by atoms with Crippen molar-refractivity contribution in [2.75, 3.05) is 18.0 Å². The average molecular weight is 385 g/mol. The summed E-state index contributed by atoms with van der Waals surface area (Å²) >= 11 is 1.72. The second kappa shape index (κ2) is 7.68. The first-order valence-electron chi connectivity index (χ1n) is 9.45. The van der Waals surface area contributed by atoms with Gasteiger partial charge in [-0.25, -0.2) is 9.97 Å². The molecule has 0 saturated carbocycles. The van der Waals surface area contributed by atoms with Crippen molar-refractivity contribution in [3.05, 3.63) is 40.9 Å². The van der Waals surface area contributed by atoms with Gasteiger partial charge in [0.2, 0.25) is 5.91 Å². The van der Waals surface area contributed by atoms with E-state index in [1.165, 1.54) is 4.88 Å². The Labute approximate surface area is 162 Å². The van der Waals surface area contributed by atoms with Gasteiger partial charge < -0.3 is 14.6 Å². The summed E-state index contributed by atoms with van der Waals surface area (Å²) in [5, 5.41) is 4.12. The number of carbonyl (C=O) groups is 1. The van der Waals surface area contributed by atoms with Crippen LogP contribution in [-0.2, 0) is 17.8 Å². The maximum atomic E-state index is 12.7. The van der Waals surface area contributed by atoms with Gasteiger partial charge in [0.15, 0.2) is 0 Å². The van der Waals surface area contributed by atoms with Gasteiger partial charge in [0.1, 0.15) is 28.5 Å². The first-order valence-corrected chi connectivity index (χ1v) is 10.3. The largest absolute Gasteiger partial charge is 0.465 e. The topological polar surface area (TPSA) is 71.3 Å². The zero-order chi connectivity index (χ0) is 18.8. The van der Waals surface area contributed by atoms with Gasteiger partial charge in [0, 0.05) is 18.0 Å². The maximum Gasteiger partial charge on any atom is 0.225 e. The predicted molar refractivity (Wildman–Crippen MR) is 107 cm³/mol. The summed E-state index contributed by atoms with van der Waals surface area (Å²) in [6.07, 6.45) is 4.51. The van der Waals surface area contributed by atoms with E-state index in [1.807, 2.05) is 19.1 Å². The molecule has 1 N–H and O–H groups in total. The predicted octanol–water partition coefficient (Wildman–Crippen LogP) is 3.69. The van der Waals surface area contributed by atoms with Gasteiger partial charge in [0.05, 0.1) is 17.8 Å². The van der Waals surface area contributed by atoms with E-state index in [1.54, 1.807) is 17.7 Å². The van der Waals surface area contributed by atoms with Crippen molar-refractivity contribution >= 4 is 33.3 Å². The van der Waals surface area contributed by atoms with Crippen LogP contribution in [0.2, 0.25) is 0 Å². The molecule has 1 atom stereocenters. The van der Waals surface area contributed by atoms with Crippen LogP contribution >= 0.6 is 11.3 Å². The molecule has 0 aliphatic carbocycles. The summed E-state index contributed by atoms with van der Waals surface area (Å²) in [7, 11) is 0. The highest BCUT2D eigenvalue weighted by atomic mass is 32.1. The first kappa shape index (κ1) is 18.0. The van der Waals surface area contributed by atoms with Crippen LogP contribution in [0.5, 0.6) is 0 Å². The second-order valence-electron chi connectivity index (χ2n) is 7.00. The number of nitrogens with zero attached hydrogens (tertiary/aromatic N) is 3. The fraction of sp³-hybridized carbons (Fsp3) is 0.450. The monoisotopic (exact) mass is 384 g/mol. The molecule has 3 aromatic heterocycles. The summed E-state index contributed by atoms with van der Waals surface area (Å²) < 4.78 is 5.53. The Kier molecular flexibility index (Phi) is 5.11. The molecule has 6 nitrogen and oxygen atoms in total. The molecule has 1 amide bonds. The lowest BCUT2D eigenvalue weighted by Crippen LogP contribution is -2.43. The normalized spacial score (nSPS) is 17.4. The average Bonchev–Trinajstić information content (AvgIpc) is 3.31. The molecular formula is C20H24N4O2S. The van der Waals surface area contributed by atoms with Crippen molar-refractivity contribution in [2.24, 2.45) is 5.92 Å². The number of fused-ring (bicyclic) bond motifs is 1. The van der Waals surface area contributed by atoms with Crippen LogP contribution in [0.15, 0.2) is 28.9 Å². The van der Waals surface area contributed by atoms with E-state index in [0.29, 0.717) is 13.1 Å². The van der Waals surface area contributed by atoms with E-state index in [4.69, 9.17) is 4.42 Å². The van der Waals surface area contributed by atoms with Crippen LogP contribution in [0.25, 0.3) is 10.2 Å². The minimum atomic E-state index is -0.0379. The summed E-state index contributed by atoms with van der Waals surface area (Å²) in [5.41, 5.74) is 0. The molecule has 142 valence electrons. The maximum absolute atomic E-state index is 12.7. The standard InChI is InChI=1S/C20H24N4O2S/c1-3-16-9-17-18(22-12-23-20(17)27-16)24-8-4-5-14(11-24)19(25)21-10-15-7-6-13(2)26-15/h6-7,9,12,14H,3-5,8,10-11H2,1-2H3,(H,21,25)/t14-/m0/s1. The molecule has 1 saturated heterocycles. The Bertz CT molecular complexity index is 949. The van der Waals surface area contributed by atoms with Gasteiger partial charge in [0.25, 0.3) is 0 Å². The smallest absolute Gasteiger partial charge is 0.225 e. The minimum absolute atomic E-state index is 0.0379. The molecule has 27 heavy (non-hydrogen) atoms. The summed E-state index contributed by atoms with van der Waals surface area (Å²) in [6.45, 7) is 6.10.